The first kappa shape index (κ1) is 18.1. The van der Waals surface area contributed by atoms with Crippen molar-refractivity contribution in [3.8, 4) is 5.88 Å². The molecule has 1 amide bonds. The van der Waals surface area contributed by atoms with Gasteiger partial charge in [-0.2, -0.15) is 0 Å². The Balaban J connectivity index is 1.56. The molecule has 1 saturated heterocycles. The summed E-state index contributed by atoms with van der Waals surface area (Å²) < 4.78 is 5.57. The SMILES string of the molecule is CCOc1ncnc2sc(C(=O)NCCCCN3CCCC3)c(C)c12. The fraction of sp³-hybridized carbons (Fsp3) is 0.611. The van der Waals surface area contributed by atoms with E-state index in [-0.39, 0.29) is 5.91 Å². The van der Waals surface area contributed by atoms with Gasteiger partial charge in [-0.1, -0.05) is 0 Å². The first-order valence-electron chi connectivity index (χ1n) is 9.08. The summed E-state index contributed by atoms with van der Waals surface area (Å²) in [5.74, 6) is 0.537. The molecule has 25 heavy (non-hydrogen) atoms. The number of unbranched alkanes of at least 4 members (excludes halogenated alkanes) is 1. The molecule has 0 aromatic carbocycles. The monoisotopic (exact) mass is 362 g/mol. The van der Waals surface area contributed by atoms with Gasteiger partial charge >= 0.3 is 0 Å². The van der Waals surface area contributed by atoms with Crippen molar-refractivity contribution in [1.29, 1.82) is 0 Å². The van der Waals surface area contributed by atoms with E-state index in [0.717, 1.165) is 35.2 Å². The highest BCUT2D eigenvalue weighted by Crippen LogP contribution is 2.34. The minimum Gasteiger partial charge on any atom is -0.477 e. The van der Waals surface area contributed by atoms with Crippen molar-refractivity contribution in [2.75, 3.05) is 32.8 Å². The molecular weight excluding hydrogens is 336 g/mol. The zero-order chi connectivity index (χ0) is 17.6. The lowest BCUT2D eigenvalue weighted by Crippen LogP contribution is -2.26. The third kappa shape index (κ3) is 4.27. The molecule has 0 unspecified atom stereocenters. The van der Waals surface area contributed by atoms with E-state index >= 15 is 0 Å². The lowest BCUT2D eigenvalue weighted by Gasteiger charge is -2.13. The van der Waals surface area contributed by atoms with Gasteiger partial charge in [-0.25, -0.2) is 9.97 Å². The fourth-order valence-electron chi connectivity index (χ4n) is 3.25. The summed E-state index contributed by atoms with van der Waals surface area (Å²) in [6.07, 6.45) is 6.29. The summed E-state index contributed by atoms with van der Waals surface area (Å²) in [6.45, 7) is 8.72. The van der Waals surface area contributed by atoms with Crippen LogP contribution in [0, 0.1) is 6.92 Å². The second kappa shape index (κ2) is 8.58. The largest absolute Gasteiger partial charge is 0.477 e. The Labute approximate surface area is 152 Å². The van der Waals surface area contributed by atoms with E-state index in [9.17, 15) is 4.79 Å². The van der Waals surface area contributed by atoms with E-state index in [1.807, 2.05) is 13.8 Å². The minimum absolute atomic E-state index is 0.0240. The van der Waals surface area contributed by atoms with Gasteiger partial charge in [0, 0.05) is 6.54 Å². The van der Waals surface area contributed by atoms with E-state index in [0.29, 0.717) is 23.9 Å². The summed E-state index contributed by atoms with van der Waals surface area (Å²) in [5, 5.41) is 3.90. The molecule has 1 fully saturated rings. The standard InChI is InChI=1S/C18H26N4O2S/c1-3-24-17-14-13(2)15(25-18(14)21-12-20-17)16(23)19-8-4-5-9-22-10-6-7-11-22/h12H,3-11H2,1-2H3,(H,19,23). The summed E-state index contributed by atoms with van der Waals surface area (Å²) in [4.78, 5) is 25.0. The number of amides is 1. The Morgan fingerprint density at radius 2 is 2.12 bits per heavy atom. The van der Waals surface area contributed by atoms with Crippen molar-refractivity contribution in [3.05, 3.63) is 16.8 Å². The molecule has 1 aliphatic rings. The van der Waals surface area contributed by atoms with Gasteiger partial charge in [0.15, 0.2) is 0 Å². The average molecular weight is 362 g/mol. The third-order valence-electron chi connectivity index (χ3n) is 4.56. The van der Waals surface area contributed by atoms with Gasteiger partial charge in [0.2, 0.25) is 5.88 Å². The first-order chi connectivity index (χ1) is 12.2. The molecule has 0 aliphatic carbocycles. The maximum atomic E-state index is 12.5. The fourth-order valence-corrected chi connectivity index (χ4v) is 4.31. The van der Waals surface area contributed by atoms with Crippen molar-refractivity contribution in [2.24, 2.45) is 0 Å². The molecular formula is C18H26N4O2S. The number of carbonyl (C=O) groups is 1. The molecule has 2 aromatic heterocycles. The van der Waals surface area contributed by atoms with E-state index in [2.05, 4.69) is 20.2 Å². The van der Waals surface area contributed by atoms with Gasteiger partial charge in [0.25, 0.3) is 5.91 Å². The number of hydrogen-bond donors (Lipinski definition) is 1. The lowest BCUT2D eigenvalue weighted by atomic mass is 10.2. The topological polar surface area (TPSA) is 67.3 Å². The third-order valence-corrected chi connectivity index (χ3v) is 5.76. The zero-order valence-corrected chi connectivity index (χ0v) is 15.8. The predicted molar refractivity (Wildman–Crippen MR) is 101 cm³/mol. The zero-order valence-electron chi connectivity index (χ0n) is 15.0. The number of nitrogens with zero attached hydrogens (tertiary/aromatic N) is 3. The van der Waals surface area contributed by atoms with Crippen LogP contribution in [0.2, 0.25) is 0 Å². The molecule has 2 aromatic rings. The van der Waals surface area contributed by atoms with E-state index in [4.69, 9.17) is 4.74 Å². The van der Waals surface area contributed by atoms with Crippen LogP contribution in [0.25, 0.3) is 10.2 Å². The number of carbonyl (C=O) groups excluding carboxylic acids is 1. The van der Waals surface area contributed by atoms with Gasteiger partial charge < -0.3 is 15.0 Å². The predicted octanol–water partition coefficient (Wildman–Crippen LogP) is 3.00. The van der Waals surface area contributed by atoms with Crippen LogP contribution in [0.3, 0.4) is 0 Å². The van der Waals surface area contributed by atoms with Crippen molar-refractivity contribution < 1.29 is 9.53 Å². The first-order valence-corrected chi connectivity index (χ1v) is 9.89. The van der Waals surface area contributed by atoms with Crippen molar-refractivity contribution in [2.45, 2.75) is 39.5 Å². The van der Waals surface area contributed by atoms with Crippen LogP contribution in [-0.2, 0) is 0 Å². The summed E-state index contributed by atoms with van der Waals surface area (Å²) in [6, 6.07) is 0. The maximum absolute atomic E-state index is 12.5. The van der Waals surface area contributed by atoms with Crippen LogP contribution in [0.1, 0.15) is 47.8 Å². The number of aryl methyl sites for hydroxylation is 1. The molecule has 0 saturated carbocycles. The van der Waals surface area contributed by atoms with Crippen LogP contribution in [0.5, 0.6) is 5.88 Å². The highest BCUT2D eigenvalue weighted by atomic mass is 32.1. The maximum Gasteiger partial charge on any atom is 0.261 e. The van der Waals surface area contributed by atoms with Crippen molar-refractivity contribution >= 4 is 27.5 Å². The van der Waals surface area contributed by atoms with Crippen LogP contribution < -0.4 is 10.1 Å². The molecule has 3 heterocycles. The Kier molecular flexibility index (Phi) is 6.20. The van der Waals surface area contributed by atoms with Gasteiger partial charge in [-0.3, -0.25) is 4.79 Å². The summed E-state index contributed by atoms with van der Waals surface area (Å²) in [5.41, 5.74) is 0.901. The van der Waals surface area contributed by atoms with Gasteiger partial charge in [0.1, 0.15) is 11.2 Å². The summed E-state index contributed by atoms with van der Waals surface area (Å²) in [7, 11) is 0. The number of nitrogens with one attached hydrogen (secondary N) is 1. The number of rotatable bonds is 8. The quantitative estimate of drug-likeness (QED) is 0.731. The molecule has 1 aliphatic heterocycles. The van der Waals surface area contributed by atoms with E-state index < -0.39 is 0 Å². The second-order valence-corrected chi connectivity index (χ2v) is 7.36. The van der Waals surface area contributed by atoms with Gasteiger partial charge in [-0.05, 0) is 64.7 Å². The normalized spacial score (nSPS) is 15.0. The molecule has 136 valence electrons. The van der Waals surface area contributed by atoms with Crippen molar-refractivity contribution in [3.63, 3.8) is 0 Å². The minimum atomic E-state index is -0.0240. The van der Waals surface area contributed by atoms with Crippen molar-refractivity contribution in [1.82, 2.24) is 20.2 Å². The van der Waals surface area contributed by atoms with Crippen LogP contribution in [0.4, 0.5) is 0 Å². The molecule has 0 atom stereocenters. The van der Waals surface area contributed by atoms with Gasteiger partial charge in [0.05, 0.1) is 16.9 Å². The highest BCUT2D eigenvalue weighted by molar-refractivity contribution is 7.20. The molecule has 0 radical (unpaired) electrons. The second-order valence-electron chi connectivity index (χ2n) is 6.36. The molecule has 3 rings (SSSR count). The number of likely N-dealkylation sites (tertiary alicyclic amines) is 1. The Bertz CT molecular complexity index is 725. The van der Waals surface area contributed by atoms with Crippen LogP contribution in [-0.4, -0.2) is 53.6 Å². The van der Waals surface area contributed by atoms with E-state index in [1.54, 1.807) is 0 Å². The Morgan fingerprint density at radius 1 is 1.32 bits per heavy atom. The number of aromatic nitrogens is 2. The molecule has 0 spiro atoms. The highest BCUT2D eigenvalue weighted by Gasteiger charge is 2.19. The Morgan fingerprint density at radius 3 is 2.88 bits per heavy atom. The van der Waals surface area contributed by atoms with E-state index in [1.165, 1.54) is 43.6 Å². The number of ether oxygens (including phenoxy) is 1. The summed E-state index contributed by atoms with van der Waals surface area (Å²) >= 11 is 1.40. The molecule has 1 N–H and O–H groups in total. The number of fused-ring (bicyclic) bond motifs is 1. The smallest absolute Gasteiger partial charge is 0.261 e. The van der Waals surface area contributed by atoms with Gasteiger partial charge in [-0.15, -0.1) is 11.3 Å². The van der Waals surface area contributed by atoms with Crippen LogP contribution >= 0.6 is 11.3 Å². The molecule has 7 heteroatoms. The average Bonchev–Trinajstić information content (AvgIpc) is 3.23. The molecule has 0 bridgehead atoms. The Hall–Kier alpha value is -1.73. The lowest BCUT2D eigenvalue weighted by molar-refractivity contribution is 0.0956. The number of thiophene rings is 1. The number of hydrogen-bond acceptors (Lipinski definition) is 6. The van der Waals surface area contributed by atoms with Crippen LogP contribution in [0.15, 0.2) is 6.33 Å². The molecule has 6 nitrogen and oxygen atoms in total.